The molecule has 0 saturated heterocycles. The Kier molecular flexibility index (Phi) is 3.67. The smallest absolute Gasteiger partial charge is 0.0582 e. The van der Waals surface area contributed by atoms with Crippen molar-refractivity contribution in [3.63, 3.8) is 0 Å². The predicted molar refractivity (Wildman–Crippen MR) is 128 cm³/mol. The van der Waals surface area contributed by atoms with Gasteiger partial charge in [0.1, 0.15) is 0 Å². The van der Waals surface area contributed by atoms with Crippen LogP contribution < -0.4 is 4.90 Å². The van der Waals surface area contributed by atoms with Crippen LogP contribution in [0.2, 0.25) is 0 Å². The highest BCUT2D eigenvalue weighted by Gasteiger charge is 2.48. The number of halogens is 1. The van der Waals surface area contributed by atoms with Crippen molar-refractivity contribution in [2.24, 2.45) is 11.8 Å². The van der Waals surface area contributed by atoms with E-state index in [0.717, 1.165) is 4.47 Å². The summed E-state index contributed by atoms with van der Waals surface area (Å²) >= 11 is 3.64. The first-order chi connectivity index (χ1) is 14.8. The van der Waals surface area contributed by atoms with Crippen LogP contribution in [0.15, 0.2) is 83.4 Å². The molecule has 0 bridgehead atoms. The molecule has 3 aromatic rings. The Morgan fingerprint density at radius 3 is 2.57 bits per heavy atom. The lowest BCUT2D eigenvalue weighted by Crippen LogP contribution is -2.46. The summed E-state index contributed by atoms with van der Waals surface area (Å²) in [4.78, 5) is 2.81. The fraction of sp³-hybridized carbons (Fsp3) is 0.286. The normalized spacial score (nSPS) is 30.4. The maximum absolute atomic E-state index is 3.64. The van der Waals surface area contributed by atoms with Crippen molar-refractivity contribution in [2.75, 3.05) is 11.4 Å². The molecule has 0 saturated carbocycles. The molecule has 0 unspecified atom stereocenters. The van der Waals surface area contributed by atoms with Crippen molar-refractivity contribution >= 4 is 32.4 Å². The van der Waals surface area contributed by atoms with E-state index < -0.39 is 0 Å². The van der Waals surface area contributed by atoms with Gasteiger partial charge in [-0.15, -0.1) is 0 Å². The third-order valence-corrected chi connectivity index (χ3v) is 8.49. The molecule has 7 rings (SSSR count). The number of hydrogen-bond donors (Lipinski definition) is 0. The van der Waals surface area contributed by atoms with Crippen LogP contribution in [0.5, 0.6) is 0 Å². The van der Waals surface area contributed by atoms with Crippen molar-refractivity contribution < 1.29 is 0 Å². The Labute approximate surface area is 186 Å². The second kappa shape index (κ2) is 6.34. The zero-order chi connectivity index (χ0) is 19.8. The van der Waals surface area contributed by atoms with Gasteiger partial charge in [0, 0.05) is 28.5 Å². The topological polar surface area (TPSA) is 3.24 Å². The maximum atomic E-state index is 3.64. The van der Waals surface area contributed by atoms with Crippen LogP contribution in [0.25, 0.3) is 10.8 Å². The zero-order valence-electron chi connectivity index (χ0n) is 16.8. The molecule has 4 aliphatic rings. The van der Waals surface area contributed by atoms with Crippen LogP contribution in [-0.2, 0) is 0 Å². The molecule has 5 atom stereocenters. The Balaban J connectivity index is 1.54. The Morgan fingerprint density at radius 1 is 0.867 bits per heavy atom. The van der Waals surface area contributed by atoms with Crippen molar-refractivity contribution in [3.8, 4) is 0 Å². The second-order valence-corrected chi connectivity index (χ2v) is 10.3. The van der Waals surface area contributed by atoms with Gasteiger partial charge in [0.05, 0.1) is 6.04 Å². The van der Waals surface area contributed by atoms with Crippen molar-refractivity contribution in [3.05, 3.63) is 100 Å². The van der Waals surface area contributed by atoms with E-state index >= 15 is 0 Å². The average Bonchev–Trinajstić information content (AvgIpc) is 3.44. The van der Waals surface area contributed by atoms with Gasteiger partial charge in [-0.05, 0) is 70.3 Å². The Hall–Kier alpha value is -2.32. The molecule has 0 aromatic heterocycles. The number of benzene rings is 3. The minimum atomic E-state index is 0.451. The Bertz CT molecular complexity index is 1220. The third-order valence-electron chi connectivity index (χ3n) is 7.96. The minimum absolute atomic E-state index is 0.451. The van der Waals surface area contributed by atoms with E-state index in [4.69, 9.17) is 0 Å². The first kappa shape index (κ1) is 17.4. The second-order valence-electron chi connectivity index (χ2n) is 9.40. The van der Waals surface area contributed by atoms with E-state index in [2.05, 4.69) is 99.7 Å². The first-order valence-corrected chi connectivity index (χ1v) is 12.0. The first-order valence-electron chi connectivity index (χ1n) is 11.2. The lowest BCUT2D eigenvalue weighted by Gasteiger charge is -2.51. The molecule has 0 spiro atoms. The highest BCUT2D eigenvalue weighted by molar-refractivity contribution is 9.10. The summed E-state index contributed by atoms with van der Waals surface area (Å²) in [6, 6.07) is 21.1. The summed E-state index contributed by atoms with van der Waals surface area (Å²) in [6.07, 6.45) is 12.2. The van der Waals surface area contributed by atoms with Gasteiger partial charge >= 0.3 is 0 Å². The molecular formula is C28H24BrN. The fourth-order valence-electron chi connectivity index (χ4n) is 6.77. The molecule has 30 heavy (non-hydrogen) atoms. The van der Waals surface area contributed by atoms with E-state index in [1.165, 1.54) is 35.7 Å². The summed E-state index contributed by atoms with van der Waals surface area (Å²) < 4.78 is 1.16. The summed E-state index contributed by atoms with van der Waals surface area (Å²) in [5, 5.41) is 2.87. The molecule has 148 valence electrons. The van der Waals surface area contributed by atoms with E-state index in [9.17, 15) is 0 Å². The van der Waals surface area contributed by atoms with E-state index in [-0.39, 0.29) is 0 Å². The van der Waals surface area contributed by atoms with Crippen LogP contribution in [0.3, 0.4) is 0 Å². The largest absolute Gasteiger partial charge is 0.363 e. The van der Waals surface area contributed by atoms with Gasteiger partial charge in [0.2, 0.25) is 0 Å². The van der Waals surface area contributed by atoms with Crippen molar-refractivity contribution in [1.29, 1.82) is 0 Å². The molecule has 0 fully saturated rings. The summed E-state index contributed by atoms with van der Waals surface area (Å²) in [7, 11) is 0. The molecule has 2 heteroatoms. The maximum Gasteiger partial charge on any atom is 0.0582 e. The van der Waals surface area contributed by atoms with Gasteiger partial charge in [-0.2, -0.15) is 0 Å². The fourth-order valence-corrected chi connectivity index (χ4v) is 7.03. The Morgan fingerprint density at radius 2 is 1.67 bits per heavy atom. The highest BCUT2D eigenvalue weighted by atomic mass is 79.9. The van der Waals surface area contributed by atoms with Gasteiger partial charge in [0.15, 0.2) is 0 Å². The number of fused-ring (bicyclic) bond motifs is 6. The molecule has 3 aromatic carbocycles. The van der Waals surface area contributed by atoms with Crippen molar-refractivity contribution in [1.82, 2.24) is 0 Å². The standard InChI is InChI=1S/C28H24BrN/c29-20-13-11-17(12-14-20)27-24-10-4-9-23(24)26-22-7-2-1-5-18(22)15-25-21-8-3-6-19(21)16-30(27)28(25)26/h1-5,7-9,11-15,19,21,23-24,27H,6,10,16H2/t19-,21+,23-,24+,27+/m0/s1. The number of hydrogen-bond acceptors (Lipinski definition) is 1. The van der Waals surface area contributed by atoms with Crippen LogP contribution >= 0.6 is 15.9 Å². The SMILES string of the molecule is Brc1ccc([C@@H]2[C@@H]3CC=C[C@@H]3c3c4c(cc5ccccc35)[C@@H]3C=CC[C@H]3CN42)cc1. The molecule has 0 amide bonds. The molecule has 2 aliphatic carbocycles. The van der Waals surface area contributed by atoms with Crippen LogP contribution in [0.1, 0.15) is 47.4 Å². The van der Waals surface area contributed by atoms with Gasteiger partial charge in [-0.25, -0.2) is 0 Å². The lowest BCUT2D eigenvalue weighted by atomic mass is 9.69. The predicted octanol–water partition coefficient (Wildman–Crippen LogP) is 7.50. The summed E-state index contributed by atoms with van der Waals surface area (Å²) in [5.41, 5.74) is 6.16. The lowest BCUT2D eigenvalue weighted by molar-refractivity contribution is 0.336. The summed E-state index contributed by atoms with van der Waals surface area (Å²) in [6.45, 7) is 1.17. The molecule has 0 radical (unpaired) electrons. The van der Waals surface area contributed by atoms with Gasteiger partial charge in [-0.1, -0.05) is 76.6 Å². The number of allylic oxidation sites excluding steroid dienone is 4. The number of nitrogens with zero attached hydrogens (tertiary/aromatic N) is 1. The van der Waals surface area contributed by atoms with Crippen LogP contribution in [0.4, 0.5) is 5.69 Å². The van der Waals surface area contributed by atoms with Gasteiger partial charge < -0.3 is 4.90 Å². The molecule has 2 heterocycles. The molecular weight excluding hydrogens is 430 g/mol. The third kappa shape index (κ3) is 2.29. The monoisotopic (exact) mass is 453 g/mol. The zero-order valence-corrected chi connectivity index (χ0v) is 18.4. The molecule has 0 N–H and O–H groups in total. The van der Waals surface area contributed by atoms with Gasteiger partial charge in [-0.3, -0.25) is 0 Å². The van der Waals surface area contributed by atoms with Crippen molar-refractivity contribution in [2.45, 2.75) is 30.7 Å². The van der Waals surface area contributed by atoms with Crippen LogP contribution in [-0.4, -0.2) is 6.54 Å². The average molecular weight is 454 g/mol. The van der Waals surface area contributed by atoms with E-state index in [1.54, 1.807) is 16.8 Å². The van der Waals surface area contributed by atoms with E-state index in [1.807, 2.05) is 0 Å². The highest BCUT2D eigenvalue weighted by Crippen LogP contribution is 2.60. The number of anilines is 1. The molecule has 2 aliphatic heterocycles. The molecule has 1 nitrogen and oxygen atoms in total. The summed E-state index contributed by atoms with van der Waals surface area (Å²) in [5.74, 6) is 2.41. The van der Waals surface area contributed by atoms with E-state index in [0.29, 0.717) is 29.7 Å². The minimum Gasteiger partial charge on any atom is -0.363 e. The van der Waals surface area contributed by atoms with Crippen LogP contribution in [0, 0.1) is 11.8 Å². The quantitative estimate of drug-likeness (QED) is 0.344. The van der Waals surface area contributed by atoms with Gasteiger partial charge in [0.25, 0.3) is 0 Å². The number of rotatable bonds is 1.